The fraction of sp³-hybridized carbons (Fsp3) is 0.579. The Morgan fingerprint density at radius 1 is 1.33 bits per heavy atom. The molecule has 1 aliphatic rings. The summed E-state index contributed by atoms with van der Waals surface area (Å²) in [5.74, 6) is -1.49. The number of benzene rings is 1. The number of hydrogen-bond acceptors (Lipinski definition) is 3. The average molecular weight is 333 g/mol. The lowest BCUT2D eigenvalue weighted by Gasteiger charge is -2.26. The molecule has 0 aliphatic heterocycles. The zero-order chi connectivity index (χ0) is 17.7. The van der Waals surface area contributed by atoms with E-state index in [0.717, 1.165) is 24.8 Å². The lowest BCUT2D eigenvalue weighted by atomic mass is 9.82. The molecule has 0 fully saturated rings. The molecule has 1 aromatic rings. The topological polar surface area (TPSA) is 75.6 Å². The predicted molar refractivity (Wildman–Crippen MR) is 92.0 cm³/mol. The summed E-state index contributed by atoms with van der Waals surface area (Å²) in [6.45, 7) is 6.04. The van der Waals surface area contributed by atoms with Gasteiger partial charge in [0.1, 0.15) is 6.04 Å². The van der Waals surface area contributed by atoms with Gasteiger partial charge in [-0.3, -0.25) is 4.79 Å². The van der Waals surface area contributed by atoms with Gasteiger partial charge in [0.2, 0.25) is 5.91 Å². The van der Waals surface area contributed by atoms with Crippen molar-refractivity contribution in [2.75, 3.05) is 6.61 Å². The molecule has 0 heterocycles. The molecule has 0 aromatic heterocycles. The Labute approximate surface area is 143 Å². The number of fused-ring (bicyclic) bond motifs is 1. The predicted octanol–water partition coefficient (Wildman–Crippen LogP) is 2.88. The first kappa shape index (κ1) is 18.5. The Balaban J connectivity index is 2.00. The van der Waals surface area contributed by atoms with Crippen molar-refractivity contribution >= 4 is 11.9 Å². The SMILES string of the molecule is CC(C)(C)OCCC(NC(=O)C1CCCc2ccccc21)C(=O)O. The molecule has 132 valence electrons. The van der Waals surface area contributed by atoms with E-state index < -0.39 is 12.0 Å². The van der Waals surface area contributed by atoms with Gasteiger partial charge in [-0.2, -0.15) is 0 Å². The third kappa shape index (κ3) is 5.06. The number of carboxylic acids is 1. The number of rotatable bonds is 6. The molecule has 1 aromatic carbocycles. The number of carbonyl (C=O) groups excluding carboxylic acids is 1. The van der Waals surface area contributed by atoms with Gasteiger partial charge in [-0.1, -0.05) is 24.3 Å². The van der Waals surface area contributed by atoms with Gasteiger partial charge in [-0.15, -0.1) is 0 Å². The van der Waals surface area contributed by atoms with E-state index >= 15 is 0 Å². The summed E-state index contributed by atoms with van der Waals surface area (Å²) in [5, 5.41) is 12.1. The highest BCUT2D eigenvalue weighted by Gasteiger charge is 2.29. The van der Waals surface area contributed by atoms with Crippen molar-refractivity contribution in [1.29, 1.82) is 0 Å². The molecule has 0 spiro atoms. The van der Waals surface area contributed by atoms with Crippen LogP contribution in [0.4, 0.5) is 0 Å². The highest BCUT2D eigenvalue weighted by Crippen LogP contribution is 2.31. The fourth-order valence-electron chi connectivity index (χ4n) is 3.04. The Hall–Kier alpha value is -1.88. The zero-order valence-electron chi connectivity index (χ0n) is 14.7. The lowest BCUT2D eigenvalue weighted by Crippen LogP contribution is -2.44. The Morgan fingerprint density at radius 3 is 2.71 bits per heavy atom. The lowest BCUT2D eigenvalue weighted by molar-refractivity contribution is -0.143. The van der Waals surface area contributed by atoms with Gasteiger partial charge in [0, 0.05) is 13.0 Å². The molecule has 24 heavy (non-hydrogen) atoms. The molecule has 1 aliphatic carbocycles. The highest BCUT2D eigenvalue weighted by atomic mass is 16.5. The third-order valence-corrected chi connectivity index (χ3v) is 4.24. The monoisotopic (exact) mass is 333 g/mol. The zero-order valence-corrected chi connectivity index (χ0v) is 14.7. The summed E-state index contributed by atoms with van der Waals surface area (Å²) in [6, 6.07) is 6.99. The van der Waals surface area contributed by atoms with E-state index in [-0.39, 0.29) is 23.8 Å². The largest absolute Gasteiger partial charge is 0.480 e. The summed E-state index contributed by atoms with van der Waals surface area (Å²) < 4.78 is 5.58. The van der Waals surface area contributed by atoms with Gasteiger partial charge in [0.25, 0.3) is 0 Å². The number of aryl methyl sites for hydroxylation is 1. The van der Waals surface area contributed by atoms with Gasteiger partial charge >= 0.3 is 5.97 Å². The smallest absolute Gasteiger partial charge is 0.326 e. The number of ether oxygens (including phenoxy) is 1. The minimum Gasteiger partial charge on any atom is -0.480 e. The molecule has 0 bridgehead atoms. The van der Waals surface area contributed by atoms with Gasteiger partial charge in [0.05, 0.1) is 11.5 Å². The normalized spacial score (nSPS) is 18.5. The van der Waals surface area contributed by atoms with Crippen molar-refractivity contribution < 1.29 is 19.4 Å². The molecular formula is C19H27NO4. The van der Waals surface area contributed by atoms with E-state index in [0.29, 0.717) is 6.61 Å². The van der Waals surface area contributed by atoms with Crippen molar-refractivity contribution in [3.63, 3.8) is 0 Å². The van der Waals surface area contributed by atoms with Crippen molar-refractivity contribution in [2.45, 2.75) is 64.0 Å². The Morgan fingerprint density at radius 2 is 2.04 bits per heavy atom. The molecule has 5 heteroatoms. The molecule has 0 saturated carbocycles. The van der Waals surface area contributed by atoms with Gasteiger partial charge in [0.15, 0.2) is 0 Å². The quantitative estimate of drug-likeness (QED) is 0.839. The van der Waals surface area contributed by atoms with Crippen LogP contribution in [0.15, 0.2) is 24.3 Å². The molecule has 2 rings (SSSR count). The first-order valence-corrected chi connectivity index (χ1v) is 8.53. The van der Waals surface area contributed by atoms with Crippen molar-refractivity contribution in [3.8, 4) is 0 Å². The Bertz CT molecular complexity index is 591. The maximum absolute atomic E-state index is 12.6. The van der Waals surface area contributed by atoms with Crippen LogP contribution in [0, 0.1) is 0 Å². The number of aliphatic carboxylic acids is 1. The van der Waals surface area contributed by atoms with Crippen LogP contribution in [0.3, 0.4) is 0 Å². The summed E-state index contributed by atoms with van der Waals surface area (Å²) in [4.78, 5) is 24.1. The number of carboxylic acid groups (broad SMARTS) is 1. The number of nitrogens with one attached hydrogen (secondary N) is 1. The van der Waals surface area contributed by atoms with Crippen LogP contribution >= 0.6 is 0 Å². The van der Waals surface area contributed by atoms with Gasteiger partial charge in [-0.25, -0.2) is 4.79 Å². The number of amides is 1. The van der Waals surface area contributed by atoms with Gasteiger partial charge < -0.3 is 15.2 Å². The van der Waals surface area contributed by atoms with E-state index in [9.17, 15) is 14.7 Å². The van der Waals surface area contributed by atoms with Crippen LogP contribution in [0.1, 0.15) is 57.1 Å². The van der Waals surface area contributed by atoms with Crippen LogP contribution in [0.5, 0.6) is 0 Å². The number of hydrogen-bond donors (Lipinski definition) is 2. The van der Waals surface area contributed by atoms with Crippen molar-refractivity contribution in [3.05, 3.63) is 35.4 Å². The Kier molecular flexibility index (Phi) is 5.99. The second-order valence-corrected chi connectivity index (χ2v) is 7.29. The number of carbonyl (C=O) groups is 2. The molecule has 2 unspecified atom stereocenters. The van der Waals surface area contributed by atoms with E-state index in [1.165, 1.54) is 5.56 Å². The molecule has 2 atom stereocenters. The maximum atomic E-state index is 12.6. The summed E-state index contributed by atoms with van der Waals surface area (Å²) in [7, 11) is 0. The van der Waals surface area contributed by atoms with Gasteiger partial charge in [-0.05, 0) is 51.2 Å². The molecule has 0 saturated heterocycles. The van der Waals surface area contributed by atoms with Crippen LogP contribution in [0.25, 0.3) is 0 Å². The summed E-state index contributed by atoms with van der Waals surface area (Å²) in [5.41, 5.74) is 1.89. The van der Waals surface area contributed by atoms with Crippen molar-refractivity contribution in [1.82, 2.24) is 5.32 Å². The average Bonchev–Trinajstić information content (AvgIpc) is 2.52. The molecule has 2 N–H and O–H groups in total. The molecule has 5 nitrogen and oxygen atoms in total. The first-order chi connectivity index (χ1) is 11.3. The standard InChI is InChI=1S/C19H27NO4/c1-19(2,3)24-12-11-16(18(22)23)20-17(21)15-10-6-8-13-7-4-5-9-14(13)15/h4-5,7,9,15-16H,6,8,10-12H2,1-3H3,(H,20,21)(H,22,23). The van der Waals surface area contributed by atoms with E-state index in [2.05, 4.69) is 5.32 Å². The van der Waals surface area contributed by atoms with Crippen molar-refractivity contribution in [2.24, 2.45) is 0 Å². The summed E-state index contributed by atoms with van der Waals surface area (Å²) in [6.07, 6.45) is 2.93. The minimum absolute atomic E-state index is 0.203. The van der Waals surface area contributed by atoms with E-state index in [4.69, 9.17) is 4.74 Å². The van der Waals surface area contributed by atoms with Crippen LogP contribution in [-0.2, 0) is 20.7 Å². The maximum Gasteiger partial charge on any atom is 0.326 e. The minimum atomic E-state index is -1.02. The second-order valence-electron chi connectivity index (χ2n) is 7.29. The second kappa shape index (κ2) is 7.79. The third-order valence-electron chi connectivity index (χ3n) is 4.24. The molecule has 0 radical (unpaired) electrons. The van der Waals surface area contributed by atoms with E-state index in [1.54, 1.807) is 0 Å². The van der Waals surface area contributed by atoms with Crippen LogP contribution in [0.2, 0.25) is 0 Å². The van der Waals surface area contributed by atoms with Crippen LogP contribution in [-0.4, -0.2) is 35.2 Å². The highest BCUT2D eigenvalue weighted by molar-refractivity contribution is 5.88. The first-order valence-electron chi connectivity index (χ1n) is 8.53. The fourth-order valence-corrected chi connectivity index (χ4v) is 3.04. The van der Waals surface area contributed by atoms with E-state index in [1.807, 2.05) is 45.0 Å². The van der Waals surface area contributed by atoms with Crippen LogP contribution < -0.4 is 5.32 Å². The summed E-state index contributed by atoms with van der Waals surface area (Å²) >= 11 is 0. The molecule has 1 amide bonds. The molecular weight excluding hydrogens is 306 g/mol.